The van der Waals surface area contributed by atoms with Crippen LogP contribution in [0.4, 0.5) is 0 Å². The molecule has 7 heteroatoms. The number of carbonyl (C=O) groups is 1. The van der Waals surface area contributed by atoms with Gasteiger partial charge in [0.05, 0.1) is 6.61 Å². The van der Waals surface area contributed by atoms with Crippen molar-refractivity contribution >= 4 is 35.8 Å². The van der Waals surface area contributed by atoms with Crippen molar-refractivity contribution in [1.29, 1.82) is 0 Å². The number of aliphatic imine (C=N–C) groups is 1. The summed E-state index contributed by atoms with van der Waals surface area (Å²) in [5.74, 6) is 2.28. The molecule has 0 aromatic heterocycles. The Kier molecular flexibility index (Phi) is 9.34. The summed E-state index contributed by atoms with van der Waals surface area (Å²) in [6, 6.07) is 8.29. The van der Waals surface area contributed by atoms with Crippen molar-refractivity contribution in [2.75, 3.05) is 26.7 Å². The maximum absolute atomic E-state index is 12.6. The highest BCUT2D eigenvalue weighted by Gasteiger charge is 2.32. The molecule has 1 amide bonds. The van der Waals surface area contributed by atoms with Gasteiger partial charge in [0.15, 0.2) is 5.96 Å². The molecule has 2 aliphatic rings. The molecule has 0 radical (unpaired) electrons. The van der Waals surface area contributed by atoms with E-state index in [2.05, 4.69) is 21.7 Å². The molecule has 1 aromatic carbocycles. The molecule has 1 heterocycles. The molecule has 2 fully saturated rings. The quantitative estimate of drug-likeness (QED) is 0.358. The summed E-state index contributed by atoms with van der Waals surface area (Å²) >= 11 is 0. The van der Waals surface area contributed by atoms with Gasteiger partial charge in [-0.05, 0) is 32.3 Å². The van der Waals surface area contributed by atoms with E-state index >= 15 is 0 Å². The molecule has 0 spiro atoms. The zero-order valence-corrected chi connectivity index (χ0v) is 19.3. The molecule has 1 saturated heterocycles. The van der Waals surface area contributed by atoms with Crippen LogP contribution in [0.15, 0.2) is 29.3 Å². The predicted octanol–water partition coefficient (Wildman–Crippen LogP) is 3.16. The van der Waals surface area contributed by atoms with E-state index in [1.165, 1.54) is 12.8 Å². The third kappa shape index (κ3) is 5.99. The van der Waals surface area contributed by atoms with Gasteiger partial charge in [-0.1, -0.05) is 31.0 Å². The van der Waals surface area contributed by atoms with Crippen LogP contribution < -0.4 is 15.4 Å². The minimum absolute atomic E-state index is 0. The molecule has 1 aliphatic heterocycles. The van der Waals surface area contributed by atoms with Crippen molar-refractivity contribution in [3.05, 3.63) is 29.8 Å². The van der Waals surface area contributed by atoms with Crippen molar-refractivity contribution in [1.82, 2.24) is 15.5 Å². The minimum atomic E-state index is 0. The second-order valence-electron chi connectivity index (χ2n) is 7.36. The van der Waals surface area contributed by atoms with E-state index in [0.717, 1.165) is 49.6 Å². The lowest BCUT2D eigenvalue weighted by Gasteiger charge is -2.21. The highest BCUT2D eigenvalue weighted by molar-refractivity contribution is 14.0. The molecule has 1 saturated carbocycles. The SMILES string of the molecule is CCOc1ccccc1CNC(=NC)NC1CCN(C(=O)C2CCCC2)C1.I. The third-order valence-corrected chi connectivity index (χ3v) is 5.49. The molecule has 0 bridgehead atoms. The first-order valence-corrected chi connectivity index (χ1v) is 10.2. The maximum atomic E-state index is 12.6. The van der Waals surface area contributed by atoms with Gasteiger partial charge in [-0.15, -0.1) is 24.0 Å². The van der Waals surface area contributed by atoms with Crippen molar-refractivity contribution < 1.29 is 9.53 Å². The number of nitrogens with zero attached hydrogens (tertiary/aromatic N) is 2. The molecular formula is C21H33IN4O2. The van der Waals surface area contributed by atoms with E-state index in [-0.39, 0.29) is 35.9 Å². The first-order valence-electron chi connectivity index (χ1n) is 10.2. The summed E-state index contributed by atoms with van der Waals surface area (Å²) in [5, 5.41) is 6.83. The monoisotopic (exact) mass is 500 g/mol. The number of benzene rings is 1. The lowest BCUT2D eigenvalue weighted by Crippen LogP contribution is -2.45. The average Bonchev–Trinajstić information content (AvgIpc) is 3.38. The van der Waals surface area contributed by atoms with E-state index in [0.29, 0.717) is 19.1 Å². The Morgan fingerprint density at radius 3 is 2.71 bits per heavy atom. The molecule has 1 aromatic rings. The number of hydrogen-bond acceptors (Lipinski definition) is 3. The number of rotatable bonds is 6. The van der Waals surface area contributed by atoms with E-state index in [4.69, 9.17) is 4.74 Å². The van der Waals surface area contributed by atoms with Crippen molar-refractivity contribution in [3.8, 4) is 5.75 Å². The Labute approximate surface area is 185 Å². The maximum Gasteiger partial charge on any atom is 0.225 e. The van der Waals surface area contributed by atoms with Crippen LogP contribution in [0.2, 0.25) is 0 Å². The number of likely N-dealkylation sites (tertiary alicyclic amines) is 1. The predicted molar refractivity (Wildman–Crippen MR) is 123 cm³/mol. The van der Waals surface area contributed by atoms with E-state index in [1.807, 2.05) is 30.0 Å². The Bertz CT molecular complexity index is 662. The Morgan fingerprint density at radius 2 is 2.00 bits per heavy atom. The van der Waals surface area contributed by atoms with Gasteiger partial charge >= 0.3 is 0 Å². The van der Waals surface area contributed by atoms with Gasteiger partial charge in [-0.3, -0.25) is 9.79 Å². The first kappa shape index (κ1) is 22.8. The topological polar surface area (TPSA) is 66.0 Å². The summed E-state index contributed by atoms with van der Waals surface area (Å²) in [5.41, 5.74) is 1.10. The molecule has 156 valence electrons. The highest BCUT2D eigenvalue weighted by Crippen LogP contribution is 2.27. The summed E-state index contributed by atoms with van der Waals surface area (Å²) in [6.45, 7) is 4.90. The summed E-state index contributed by atoms with van der Waals surface area (Å²) in [7, 11) is 1.78. The van der Waals surface area contributed by atoms with Gasteiger partial charge in [0.1, 0.15) is 5.75 Å². The second-order valence-corrected chi connectivity index (χ2v) is 7.36. The van der Waals surface area contributed by atoms with Crippen LogP contribution in [0.3, 0.4) is 0 Å². The summed E-state index contributed by atoms with van der Waals surface area (Å²) in [6.07, 6.45) is 5.50. The lowest BCUT2D eigenvalue weighted by molar-refractivity contribution is -0.134. The van der Waals surface area contributed by atoms with Gasteiger partial charge in [-0.25, -0.2) is 0 Å². The number of nitrogens with one attached hydrogen (secondary N) is 2. The highest BCUT2D eigenvalue weighted by atomic mass is 127. The second kappa shape index (κ2) is 11.5. The zero-order chi connectivity index (χ0) is 19.1. The van der Waals surface area contributed by atoms with Crippen LogP contribution in [0, 0.1) is 5.92 Å². The van der Waals surface area contributed by atoms with Crippen LogP contribution in [0.5, 0.6) is 5.75 Å². The van der Waals surface area contributed by atoms with Crippen LogP contribution in [0.25, 0.3) is 0 Å². The number of ether oxygens (including phenoxy) is 1. The van der Waals surface area contributed by atoms with Crippen molar-refractivity contribution in [2.45, 2.75) is 51.6 Å². The molecular weight excluding hydrogens is 467 g/mol. The number of halogens is 1. The number of hydrogen-bond donors (Lipinski definition) is 2. The summed E-state index contributed by atoms with van der Waals surface area (Å²) in [4.78, 5) is 19.0. The molecule has 1 aliphatic carbocycles. The standard InChI is InChI=1S/C21H32N4O2.HI/c1-3-27-19-11-7-6-10-17(19)14-23-21(22-2)24-18-12-13-25(15-18)20(26)16-8-4-5-9-16;/h6-7,10-11,16,18H,3-5,8-9,12-15H2,1-2H3,(H2,22,23,24);1H. The lowest BCUT2D eigenvalue weighted by atomic mass is 10.1. The van der Waals surface area contributed by atoms with Crippen LogP contribution in [0.1, 0.15) is 44.6 Å². The normalized spacial score (nSPS) is 20.0. The van der Waals surface area contributed by atoms with E-state index in [1.54, 1.807) is 7.05 Å². The van der Waals surface area contributed by atoms with Crippen molar-refractivity contribution in [2.24, 2.45) is 10.9 Å². The van der Waals surface area contributed by atoms with Gasteiger partial charge in [-0.2, -0.15) is 0 Å². The number of carbonyl (C=O) groups excluding carboxylic acids is 1. The molecule has 1 unspecified atom stereocenters. The third-order valence-electron chi connectivity index (χ3n) is 5.49. The molecule has 28 heavy (non-hydrogen) atoms. The Balaban J connectivity index is 0.00000280. The van der Waals surface area contributed by atoms with Crippen LogP contribution >= 0.6 is 24.0 Å². The first-order chi connectivity index (χ1) is 13.2. The van der Waals surface area contributed by atoms with Crippen molar-refractivity contribution in [3.63, 3.8) is 0 Å². The molecule has 2 N–H and O–H groups in total. The zero-order valence-electron chi connectivity index (χ0n) is 16.9. The Morgan fingerprint density at radius 1 is 1.25 bits per heavy atom. The molecule has 3 rings (SSSR count). The van der Waals surface area contributed by atoms with Gasteiger partial charge in [0.25, 0.3) is 0 Å². The fourth-order valence-electron chi connectivity index (χ4n) is 4.02. The van der Waals surface area contributed by atoms with Crippen LogP contribution in [-0.4, -0.2) is 49.6 Å². The summed E-state index contributed by atoms with van der Waals surface area (Å²) < 4.78 is 5.68. The largest absolute Gasteiger partial charge is 0.494 e. The fraction of sp³-hybridized carbons (Fsp3) is 0.619. The van der Waals surface area contributed by atoms with Gasteiger partial charge in [0, 0.05) is 44.2 Å². The van der Waals surface area contributed by atoms with Gasteiger partial charge in [0.2, 0.25) is 5.91 Å². The molecule has 6 nitrogen and oxygen atoms in total. The molecule has 1 atom stereocenters. The number of guanidine groups is 1. The fourth-order valence-corrected chi connectivity index (χ4v) is 4.02. The van der Waals surface area contributed by atoms with E-state index in [9.17, 15) is 4.79 Å². The van der Waals surface area contributed by atoms with Gasteiger partial charge < -0.3 is 20.3 Å². The Hall–Kier alpha value is -1.51. The number of para-hydroxylation sites is 1. The smallest absolute Gasteiger partial charge is 0.225 e. The minimum Gasteiger partial charge on any atom is -0.494 e. The van der Waals surface area contributed by atoms with E-state index < -0.39 is 0 Å². The number of amides is 1. The average molecular weight is 500 g/mol. The van der Waals surface area contributed by atoms with Crippen LogP contribution in [-0.2, 0) is 11.3 Å².